The fourth-order valence-corrected chi connectivity index (χ4v) is 3.47. The van der Waals surface area contributed by atoms with Gasteiger partial charge in [0.1, 0.15) is 0 Å². The molecule has 0 saturated carbocycles. The van der Waals surface area contributed by atoms with Gasteiger partial charge in [-0.2, -0.15) is 17.4 Å². The predicted octanol–water partition coefficient (Wildman–Crippen LogP) is -0.154. The molecule has 2 N–H and O–H groups in total. The van der Waals surface area contributed by atoms with Crippen LogP contribution in [0.15, 0.2) is 0 Å². The summed E-state index contributed by atoms with van der Waals surface area (Å²) in [5.74, 6) is 0. The summed E-state index contributed by atoms with van der Waals surface area (Å²) in [4.78, 5) is 2.31. The molecule has 0 amide bonds. The highest BCUT2D eigenvalue weighted by Gasteiger charge is 2.22. The van der Waals surface area contributed by atoms with Crippen molar-refractivity contribution in [2.24, 2.45) is 0 Å². The maximum atomic E-state index is 12.1. The Labute approximate surface area is 117 Å². The van der Waals surface area contributed by atoms with Gasteiger partial charge in [0.25, 0.3) is 10.2 Å². The van der Waals surface area contributed by atoms with E-state index in [0.29, 0.717) is 6.54 Å². The second kappa shape index (κ2) is 8.16. The molecule has 1 unspecified atom stereocenters. The van der Waals surface area contributed by atoms with Crippen LogP contribution in [0, 0.1) is 0 Å². The van der Waals surface area contributed by atoms with Crippen molar-refractivity contribution < 1.29 is 8.42 Å². The van der Waals surface area contributed by atoms with Crippen LogP contribution in [0.5, 0.6) is 0 Å². The van der Waals surface area contributed by atoms with E-state index >= 15 is 0 Å². The van der Waals surface area contributed by atoms with Crippen LogP contribution in [0.1, 0.15) is 26.2 Å². The second-order valence-electron chi connectivity index (χ2n) is 5.31. The molecule has 1 atom stereocenters. The van der Waals surface area contributed by atoms with Crippen molar-refractivity contribution >= 4 is 10.2 Å². The largest absolute Gasteiger partial charge is 0.320 e. The van der Waals surface area contributed by atoms with Crippen LogP contribution in [-0.4, -0.2) is 70.5 Å². The Hall–Kier alpha value is -0.210. The fraction of sp³-hybridized carbons (Fsp3) is 1.00. The highest BCUT2D eigenvalue weighted by atomic mass is 32.2. The summed E-state index contributed by atoms with van der Waals surface area (Å²) in [6, 6.07) is -0.0464. The van der Waals surface area contributed by atoms with Crippen molar-refractivity contribution in [1.82, 2.24) is 19.2 Å². The topological polar surface area (TPSA) is 64.7 Å². The molecule has 0 spiro atoms. The van der Waals surface area contributed by atoms with Crippen molar-refractivity contribution in [3.63, 3.8) is 0 Å². The Balaban J connectivity index is 2.34. The molecule has 1 rings (SSSR count). The first-order valence-electron chi connectivity index (χ1n) is 7.06. The molecule has 0 bridgehead atoms. The first kappa shape index (κ1) is 16.8. The van der Waals surface area contributed by atoms with Crippen molar-refractivity contribution in [3.8, 4) is 0 Å². The van der Waals surface area contributed by atoms with Crippen LogP contribution < -0.4 is 10.0 Å². The monoisotopic (exact) mass is 292 g/mol. The Morgan fingerprint density at radius 2 is 1.95 bits per heavy atom. The molecular formula is C12H28N4O2S. The molecule has 0 radical (unpaired) electrons. The SMILES string of the molecule is CNCCCN(C)S(=O)(=O)NC(C)CN1CCCC1. The molecule has 114 valence electrons. The van der Waals surface area contributed by atoms with Crippen molar-refractivity contribution in [2.45, 2.75) is 32.2 Å². The lowest BCUT2D eigenvalue weighted by Crippen LogP contribution is -2.47. The summed E-state index contributed by atoms with van der Waals surface area (Å²) in [5, 5.41) is 3.01. The molecular weight excluding hydrogens is 264 g/mol. The van der Waals surface area contributed by atoms with Gasteiger partial charge in [-0.15, -0.1) is 0 Å². The van der Waals surface area contributed by atoms with Crippen molar-refractivity contribution in [2.75, 3.05) is 46.8 Å². The molecule has 7 heteroatoms. The zero-order valence-electron chi connectivity index (χ0n) is 12.4. The molecule has 19 heavy (non-hydrogen) atoms. The Morgan fingerprint density at radius 1 is 1.32 bits per heavy atom. The third kappa shape index (κ3) is 6.18. The van der Waals surface area contributed by atoms with E-state index in [9.17, 15) is 8.42 Å². The van der Waals surface area contributed by atoms with Gasteiger partial charge in [-0.3, -0.25) is 0 Å². The average molecular weight is 292 g/mol. The van der Waals surface area contributed by atoms with Gasteiger partial charge in [-0.1, -0.05) is 0 Å². The quantitative estimate of drug-likeness (QED) is 0.580. The average Bonchev–Trinajstić information content (AvgIpc) is 2.81. The Morgan fingerprint density at radius 3 is 2.53 bits per heavy atom. The number of likely N-dealkylation sites (tertiary alicyclic amines) is 1. The normalized spacial score (nSPS) is 19.2. The summed E-state index contributed by atoms with van der Waals surface area (Å²) in [6.07, 6.45) is 3.27. The highest BCUT2D eigenvalue weighted by Crippen LogP contribution is 2.08. The van der Waals surface area contributed by atoms with Crippen LogP contribution in [0.25, 0.3) is 0 Å². The first-order valence-corrected chi connectivity index (χ1v) is 8.50. The van der Waals surface area contributed by atoms with E-state index in [0.717, 1.165) is 32.6 Å². The van der Waals surface area contributed by atoms with E-state index in [4.69, 9.17) is 0 Å². The number of hydrogen-bond acceptors (Lipinski definition) is 4. The number of rotatable bonds is 9. The van der Waals surface area contributed by atoms with Crippen LogP contribution in [-0.2, 0) is 10.2 Å². The van der Waals surface area contributed by atoms with Gasteiger partial charge in [0.05, 0.1) is 0 Å². The smallest absolute Gasteiger partial charge is 0.279 e. The van der Waals surface area contributed by atoms with Gasteiger partial charge in [0.15, 0.2) is 0 Å². The molecule has 1 heterocycles. The minimum atomic E-state index is -3.35. The number of hydrogen-bond donors (Lipinski definition) is 2. The third-order valence-corrected chi connectivity index (χ3v) is 5.09. The minimum Gasteiger partial charge on any atom is -0.320 e. The maximum Gasteiger partial charge on any atom is 0.279 e. The lowest BCUT2D eigenvalue weighted by atomic mass is 10.3. The van der Waals surface area contributed by atoms with E-state index in [1.165, 1.54) is 17.1 Å². The molecule has 6 nitrogen and oxygen atoms in total. The summed E-state index contributed by atoms with van der Waals surface area (Å²) >= 11 is 0. The third-order valence-electron chi connectivity index (χ3n) is 3.39. The van der Waals surface area contributed by atoms with Crippen molar-refractivity contribution in [3.05, 3.63) is 0 Å². The molecule has 0 aliphatic carbocycles. The zero-order valence-corrected chi connectivity index (χ0v) is 13.2. The van der Waals surface area contributed by atoms with Gasteiger partial charge in [-0.25, -0.2) is 0 Å². The number of nitrogens with zero attached hydrogens (tertiary/aromatic N) is 2. The van der Waals surface area contributed by atoms with Gasteiger partial charge in [0, 0.05) is 26.2 Å². The zero-order chi connectivity index (χ0) is 14.3. The summed E-state index contributed by atoms with van der Waals surface area (Å²) < 4.78 is 28.3. The van der Waals surface area contributed by atoms with E-state index in [2.05, 4.69) is 14.9 Å². The van der Waals surface area contributed by atoms with Crippen LogP contribution >= 0.6 is 0 Å². The van der Waals surface area contributed by atoms with Crippen LogP contribution in [0.3, 0.4) is 0 Å². The van der Waals surface area contributed by atoms with E-state index in [1.54, 1.807) is 7.05 Å². The Kier molecular flexibility index (Phi) is 7.23. The van der Waals surface area contributed by atoms with E-state index in [1.807, 2.05) is 14.0 Å². The lowest BCUT2D eigenvalue weighted by Gasteiger charge is -2.24. The van der Waals surface area contributed by atoms with Crippen LogP contribution in [0.2, 0.25) is 0 Å². The molecule has 1 aliphatic heterocycles. The number of nitrogens with one attached hydrogen (secondary N) is 2. The Bertz CT molecular complexity index is 342. The molecule has 1 fully saturated rings. The highest BCUT2D eigenvalue weighted by molar-refractivity contribution is 7.87. The standard InChI is InChI=1S/C12H28N4O2S/c1-12(11-16-9-4-5-10-16)14-19(17,18)15(3)8-6-7-13-2/h12-14H,4-11H2,1-3H3. The van der Waals surface area contributed by atoms with Gasteiger partial charge < -0.3 is 10.2 Å². The molecule has 1 saturated heterocycles. The van der Waals surface area contributed by atoms with E-state index in [-0.39, 0.29) is 6.04 Å². The van der Waals surface area contributed by atoms with Gasteiger partial charge in [0.2, 0.25) is 0 Å². The predicted molar refractivity (Wildman–Crippen MR) is 78.4 cm³/mol. The van der Waals surface area contributed by atoms with E-state index < -0.39 is 10.2 Å². The fourth-order valence-electron chi connectivity index (χ4n) is 2.33. The summed E-state index contributed by atoms with van der Waals surface area (Å²) in [5.41, 5.74) is 0. The molecule has 1 aliphatic rings. The maximum absolute atomic E-state index is 12.1. The summed E-state index contributed by atoms with van der Waals surface area (Å²) in [6.45, 7) is 6.25. The molecule has 0 aromatic carbocycles. The van der Waals surface area contributed by atoms with Gasteiger partial charge >= 0.3 is 0 Å². The second-order valence-corrected chi connectivity index (χ2v) is 7.12. The minimum absolute atomic E-state index is 0.0464. The van der Waals surface area contributed by atoms with Crippen LogP contribution in [0.4, 0.5) is 0 Å². The van der Waals surface area contributed by atoms with Crippen molar-refractivity contribution in [1.29, 1.82) is 0 Å². The summed E-state index contributed by atoms with van der Waals surface area (Å²) in [7, 11) is 0.139. The first-order chi connectivity index (χ1) is 8.95. The molecule has 0 aromatic heterocycles. The molecule has 0 aromatic rings. The van der Waals surface area contributed by atoms with Gasteiger partial charge in [-0.05, 0) is 52.9 Å². The lowest BCUT2D eigenvalue weighted by molar-refractivity contribution is 0.309.